The van der Waals surface area contributed by atoms with E-state index in [0.717, 1.165) is 5.69 Å². The average Bonchev–Trinajstić information content (AvgIpc) is 2.67. The molecule has 0 radical (unpaired) electrons. The first kappa shape index (κ1) is 19.1. The molecule has 0 aromatic heterocycles. The molecule has 0 aliphatic carbocycles. The van der Waals surface area contributed by atoms with Gasteiger partial charge in [-0.25, -0.2) is 0 Å². The Morgan fingerprint density at radius 3 is 2.19 bits per heavy atom. The summed E-state index contributed by atoms with van der Waals surface area (Å²) in [6, 6.07) is 12.3. The van der Waals surface area contributed by atoms with E-state index in [9.17, 15) is 9.59 Å². The summed E-state index contributed by atoms with van der Waals surface area (Å²) in [6.07, 6.45) is 0.425. The number of rotatable bonds is 8. The number of methoxy groups -OCH3 is 2. The maximum absolute atomic E-state index is 12.2. The van der Waals surface area contributed by atoms with E-state index >= 15 is 0 Å². The van der Waals surface area contributed by atoms with Crippen LogP contribution in [-0.2, 0) is 9.59 Å². The highest BCUT2D eigenvalue weighted by atomic mass is 16.5. The van der Waals surface area contributed by atoms with Gasteiger partial charge in [0.1, 0.15) is 11.5 Å². The van der Waals surface area contributed by atoms with Crippen LogP contribution in [0.4, 0.5) is 17.1 Å². The van der Waals surface area contributed by atoms with Crippen molar-refractivity contribution in [3.63, 3.8) is 0 Å². The van der Waals surface area contributed by atoms with Crippen LogP contribution in [0, 0.1) is 0 Å². The van der Waals surface area contributed by atoms with Crippen LogP contribution in [0.25, 0.3) is 0 Å². The lowest BCUT2D eigenvalue weighted by atomic mass is 10.2. The van der Waals surface area contributed by atoms with E-state index < -0.39 is 0 Å². The van der Waals surface area contributed by atoms with Gasteiger partial charge in [-0.2, -0.15) is 0 Å². The number of benzene rings is 2. The summed E-state index contributed by atoms with van der Waals surface area (Å²) in [6.45, 7) is 1.88. The molecule has 7 heteroatoms. The van der Waals surface area contributed by atoms with Crippen LogP contribution in [0.2, 0.25) is 0 Å². The molecule has 0 fully saturated rings. The Kier molecular flexibility index (Phi) is 6.84. The Balaban J connectivity index is 1.91. The molecule has 0 aliphatic rings. The van der Waals surface area contributed by atoms with Crippen molar-refractivity contribution in [2.24, 2.45) is 0 Å². The van der Waals surface area contributed by atoms with E-state index in [1.165, 1.54) is 7.11 Å². The zero-order chi connectivity index (χ0) is 18.9. The molecule has 0 unspecified atom stereocenters. The number of carbonyl (C=O) groups is 2. The molecule has 2 aromatic carbocycles. The Morgan fingerprint density at radius 2 is 1.58 bits per heavy atom. The predicted octanol–water partition coefficient (Wildman–Crippen LogP) is 3.10. The summed E-state index contributed by atoms with van der Waals surface area (Å²) in [7, 11) is 3.09. The van der Waals surface area contributed by atoms with E-state index in [1.54, 1.807) is 56.5 Å². The van der Waals surface area contributed by atoms with Crippen LogP contribution >= 0.6 is 0 Å². The standard InChI is InChI=1S/C19H23N3O4/c1-4-18(23)21-14-7-5-13(6-8-14)20-12-19(24)22-16-11-15(25-2)9-10-17(16)26-3/h5-11,20H,4,12H2,1-3H3,(H,21,23)(H,22,24). The molecule has 138 valence electrons. The third-order valence-electron chi connectivity index (χ3n) is 3.62. The molecule has 0 spiro atoms. The zero-order valence-electron chi connectivity index (χ0n) is 15.1. The van der Waals surface area contributed by atoms with Crippen molar-refractivity contribution in [2.75, 3.05) is 36.7 Å². The van der Waals surface area contributed by atoms with Gasteiger partial charge in [0, 0.05) is 23.9 Å². The summed E-state index contributed by atoms with van der Waals surface area (Å²) in [4.78, 5) is 23.5. The molecule has 26 heavy (non-hydrogen) atoms. The molecule has 0 bridgehead atoms. The molecule has 0 heterocycles. The SMILES string of the molecule is CCC(=O)Nc1ccc(NCC(=O)Nc2cc(OC)ccc2OC)cc1. The van der Waals surface area contributed by atoms with Crippen LogP contribution in [0.1, 0.15) is 13.3 Å². The summed E-state index contributed by atoms with van der Waals surface area (Å²) in [5, 5.41) is 8.58. The highest BCUT2D eigenvalue weighted by Crippen LogP contribution is 2.28. The van der Waals surface area contributed by atoms with Crippen molar-refractivity contribution in [1.82, 2.24) is 0 Å². The van der Waals surface area contributed by atoms with Crippen molar-refractivity contribution in [1.29, 1.82) is 0 Å². The fourth-order valence-electron chi connectivity index (χ4n) is 2.21. The van der Waals surface area contributed by atoms with Crippen molar-refractivity contribution in [2.45, 2.75) is 13.3 Å². The molecule has 2 aromatic rings. The monoisotopic (exact) mass is 357 g/mol. The number of hydrogen-bond donors (Lipinski definition) is 3. The minimum Gasteiger partial charge on any atom is -0.497 e. The fourth-order valence-corrected chi connectivity index (χ4v) is 2.21. The van der Waals surface area contributed by atoms with Gasteiger partial charge in [0.2, 0.25) is 11.8 Å². The molecule has 2 rings (SSSR count). The van der Waals surface area contributed by atoms with Gasteiger partial charge in [-0.05, 0) is 36.4 Å². The van der Waals surface area contributed by atoms with E-state index in [-0.39, 0.29) is 18.4 Å². The first-order valence-corrected chi connectivity index (χ1v) is 8.21. The molecular weight excluding hydrogens is 334 g/mol. The number of nitrogens with one attached hydrogen (secondary N) is 3. The fraction of sp³-hybridized carbons (Fsp3) is 0.263. The smallest absolute Gasteiger partial charge is 0.243 e. The molecular formula is C19H23N3O4. The number of hydrogen-bond acceptors (Lipinski definition) is 5. The minimum atomic E-state index is -0.222. The van der Waals surface area contributed by atoms with E-state index in [0.29, 0.717) is 29.3 Å². The molecule has 3 N–H and O–H groups in total. The normalized spacial score (nSPS) is 9.96. The summed E-state index contributed by atoms with van der Waals surface area (Å²) >= 11 is 0. The first-order valence-electron chi connectivity index (χ1n) is 8.21. The van der Waals surface area contributed by atoms with Crippen molar-refractivity contribution >= 4 is 28.9 Å². The van der Waals surface area contributed by atoms with Crippen LogP contribution < -0.4 is 25.4 Å². The maximum atomic E-state index is 12.2. The molecule has 0 saturated carbocycles. The van der Waals surface area contributed by atoms with Gasteiger partial charge in [-0.15, -0.1) is 0 Å². The number of anilines is 3. The first-order chi connectivity index (χ1) is 12.5. The lowest BCUT2D eigenvalue weighted by molar-refractivity contribution is -0.116. The lowest BCUT2D eigenvalue weighted by Crippen LogP contribution is -2.22. The Morgan fingerprint density at radius 1 is 0.885 bits per heavy atom. The van der Waals surface area contributed by atoms with Gasteiger partial charge in [-0.3, -0.25) is 9.59 Å². The van der Waals surface area contributed by atoms with Crippen LogP contribution in [0.15, 0.2) is 42.5 Å². The van der Waals surface area contributed by atoms with E-state index in [2.05, 4.69) is 16.0 Å². The highest BCUT2D eigenvalue weighted by molar-refractivity contribution is 5.95. The van der Waals surface area contributed by atoms with Gasteiger partial charge in [-0.1, -0.05) is 6.92 Å². The summed E-state index contributed by atoms with van der Waals surface area (Å²) in [5.74, 6) is 0.909. The van der Waals surface area contributed by atoms with E-state index in [1.807, 2.05) is 0 Å². The second kappa shape index (κ2) is 9.31. The number of carbonyl (C=O) groups excluding carboxylic acids is 2. The molecule has 0 aliphatic heterocycles. The lowest BCUT2D eigenvalue weighted by Gasteiger charge is -2.12. The highest BCUT2D eigenvalue weighted by Gasteiger charge is 2.09. The topological polar surface area (TPSA) is 88.7 Å². The molecule has 7 nitrogen and oxygen atoms in total. The summed E-state index contributed by atoms with van der Waals surface area (Å²) < 4.78 is 10.4. The van der Waals surface area contributed by atoms with Gasteiger partial charge in [0.25, 0.3) is 0 Å². The largest absolute Gasteiger partial charge is 0.497 e. The molecule has 2 amide bonds. The third kappa shape index (κ3) is 5.41. The molecule has 0 atom stereocenters. The Bertz CT molecular complexity index is 760. The maximum Gasteiger partial charge on any atom is 0.243 e. The van der Waals surface area contributed by atoms with Crippen molar-refractivity contribution < 1.29 is 19.1 Å². The van der Waals surface area contributed by atoms with Crippen LogP contribution in [0.3, 0.4) is 0 Å². The average molecular weight is 357 g/mol. The molecule has 0 saturated heterocycles. The van der Waals surface area contributed by atoms with Gasteiger partial charge < -0.3 is 25.4 Å². The quantitative estimate of drug-likeness (QED) is 0.676. The summed E-state index contributed by atoms with van der Waals surface area (Å²) in [5.41, 5.74) is 2.02. The Labute approximate surface area is 152 Å². The number of amides is 2. The van der Waals surface area contributed by atoms with Crippen molar-refractivity contribution in [3.05, 3.63) is 42.5 Å². The number of ether oxygens (including phenoxy) is 2. The van der Waals surface area contributed by atoms with Crippen LogP contribution in [-0.4, -0.2) is 32.6 Å². The predicted molar refractivity (Wildman–Crippen MR) is 102 cm³/mol. The van der Waals surface area contributed by atoms with Crippen LogP contribution in [0.5, 0.6) is 11.5 Å². The zero-order valence-corrected chi connectivity index (χ0v) is 15.1. The minimum absolute atomic E-state index is 0.0441. The third-order valence-corrected chi connectivity index (χ3v) is 3.62. The van der Waals surface area contributed by atoms with Crippen molar-refractivity contribution in [3.8, 4) is 11.5 Å². The Hall–Kier alpha value is -3.22. The van der Waals surface area contributed by atoms with Gasteiger partial charge >= 0.3 is 0 Å². The second-order valence-electron chi connectivity index (χ2n) is 5.45. The van der Waals surface area contributed by atoms with Gasteiger partial charge in [0.15, 0.2) is 0 Å². The van der Waals surface area contributed by atoms with Gasteiger partial charge in [0.05, 0.1) is 26.5 Å². The van der Waals surface area contributed by atoms with E-state index in [4.69, 9.17) is 9.47 Å². The second-order valence-corrected chi connectivity index (χ2v) is 5.45.